The Kier molecular flexibility index (Phi) is 17.2. The van der Waals surface area contributed by atoms with Gasteiger partial charge in [0, 0.05) is 32.1 Å². The molecule has 0 radical (unpaired) electrons. The molecular formula is C27H48ClN3O6. The van der Waals surface area contributed by atoms with Crippen molar-refractivity contribution in [3.8, 4) is 11.5 Å². The molecule has 214 valence electrons. The van der Waals surface area contributed by atoms with Gasteiger partial charge in [0.05, 0.1) is 26.4 Å². The maximum Gasteiger partial charge on any atom is 0.236 e. The Morgan fingerprint density at radius 2 is 1.70 bits per heavy atom. The lowest BCUT2D eigenvalue weighted by molar-refractivity contribution is -0.129. The van der Waals surface area contributed by atoms with Gasteiger partial charge in [0.2, 0.25) is 11.8 Å². The first-order chi connectivity index (χ1) is 17.0. The average molecular weight is 546 g/mol. The van der Waals surface area contributed by atoms with Crippen LogP contribution in [0.5, 0.6) is 11.5 Å². The molecule has 1 aromatic carbocycles. The van der Waals surface area contributed by atoms with E-state index in [1.54, 1.807) is 14.2 Å². The lowest BCUT2D eigenvalue weighted by Crippen LogP contribution is -2.44. The van der Waals surface area contributed by atoms with Crippen LogP contribution in [-0.4, -0.2) is 63.0 Å². The first kappa shape index (κ1) is 34.9. The number of methoxy groups -OCH3 is 2. The summed E-state index contributed by atoms with van der Waals surface area (Å²) in [7, 11) is 3.28. The molecule has 10 heteroatoms. The third-order valence-electron chi connectivity index (χ3n) is 6.56. The van der Waals surface area contributed by atoms with Crippen LogP contribution in [0.2, 0.25) is 0 Å². The smallest absolute Gasteiger partial charge is 0.236 e. The zero-order valence-electron chi connectivity index (χ0n) is 23.2. The van der Waals surface area contributed by atoms with Crippen molar-refractivity contribution in [3.63, 3.8) is 0 Å². The van der Waals surface area contributed by atoms with Crippen LogP contribution < -0.4 is 26.3 Å². The molecule has 0 bridgehead atoms. The number of nitrogens with one attached hydrogen (secondary N) is 1. The number of benzene rings is 1. The van der Waals surface area contributed by atoms with Crippen molar-refractivity contribution in [1.82, 2.24) is 5.32 Å². The summed E-state index contributed by atoms with van der Waals surface area (Å²) < 4.78 is 16.4. The molecule has 0 spiro atoms. The van der Waals surface area contributed by atoms with Crippen molar-refractivity contribution in [2.24, 2.45) is 35.1 Å². The van der Waals surface area contributed by atoms with E-state index >= 15 is 0 Å². The highest BCUT2D eigenvalue weighted by Crippen LogP contribution is 2.31. The van der Waals surface area contributed by atoms with Crippen LogP contribution in [0.3, 0.4) is 0 Å². The number of amides is 2. The molecule has 1 aromatic rings. The van der Waals surface area contributed by atoms with E-state index in [-0.39, 0.29) is 43.1 Å². The molecule has 4 atom stereocenters. The maximum atomic E-state index is 12.5. The van der Waals surface area contributed by atoms with E-state index in [9.17, 15) is 14.7 Å². The van der Waals surface area contributed by atoms with E-state index in [0.717, 1.165) is 18.4 Å². The molecule has 0 fully saturated rings. The quantitative estimate of drug-likeness (QED) is 0.207. The minimum Gasteiger partial charge on any atom is -0.493 e. The van der Waals surface area contributed by atoms with Crippen LogP contribution in [0.4, 0.5) is 0 Å². The van der Waals surface area contributed by atoms with Gasteiger partial charge in [-0.2, -0.15) is 0 Å². The van der Waals surface area contributed by atoms with Gasteiger partial charge < -0.3 is 36.1 Å². The van der Waals surface area contributed by atoms with E-state index in [2.05, 4.69) is 19.2 Å². The Hall–Kier alpha value is -2.07. The molecule has 0 aliphatic carbocycles. The highest BCUT2D eigenvalue weighted by atomic mass is 35.5. The van der Waals surface area contributed by atoms with Crippen LogP contribution in [0.1, 0.15) is 52.5 Å². The van der Waals surface area contributed by atoms with Crippen molar-refractivity contribution in [3.05, 3.63) is 23.8 Å². The Morgan fingerprint density at radius 1 is 1.03 bits per heavy atom. The topological polar surface area (TPSA) is 146 Å². The minimum atomic E-state index is -0.853. The molecule has 0 aliphatic rings. The Morgan fingerprint density at radius 3 is 2.24 bits per heavy atom. The number of hydrogen-bond acceptors (Lipinski definition) is 7. The number of primary amides is 1. The van der Waals surface area contributed by atoms with E-state index in [1.165, 1.54) is 0 Å². The predicted octanol–water partition coefficient (Wildman–Crippen LogP) is 2.69. The summed E-state index contributed by atoms with van der Waals surface area (Å²) >= 11 is 0. The standard InChI is InChI=1S/C27H47N3O6.ClH/c1-17(2)20(12-19-8-9-24(35-6)25(13-19)36-11-7-10-34-5)14-22(28)23(31)15-21(18(3)4)27(33)30-16-26(29)32;/h8-9,13,17-18,20-23,31H,7,10-12,14-16,28H2,1-6H3,(H2,29,32)(H,30,33);1H/t20-,21-,22-,23-;/m0./s1. The summed E-state index contributed by atoms with van der Waals surface area (Å²) in [6, 6.07) is 5.44. The molecule has 0 aliphatic heterocycles. The Labute approximate surface area is 228 Å². The second-order valence-electron chi connectivity index (χ2n) is 10.1. The second-order valence-corrected chi connectivity index (χ2v) is 10.1. The second kappa shape index (κ2) is 18.2. The Balaban J connectivity index is 0.0000130. The monoisotopic (exact) mass is 545 g/mol. The van der Waals surface area contributed by atoms with E-state index < -0.39 is 24.0 Å². The third kappa shape index (κ3) is 12.8. The molecular weight excluding hydrogens is 498 g/mol. The summed E-state index contributed by atoms with van der Waals surface area (Å²) in [5.74, 6) is 0.515. The largest absolute Gasteiger partial charge is 0.493 e. The van der Waals surface area contributed by atoms with Crippen molar-refractivity contribution in [2.45, 2.75) is 65.5 Å². The van der Waals surface area contributed by atoms with Gasteiger partial charge in [-0.1, -0.05) is 33.8 Å². The third-order valence-corrected chi connectivity index (χ3v) is 6.56. The number of ether oxygens (including phenoxy) is 3. The Bertz CT molecular complexity index is 808. The molecule has 37 heavy (non-hydrogen) atoms. The van der Waals surface area contributed by atoms with Crippen LogP contribution in [-0.2, 0) is 20.7 Å². The minimum absolute atomic E-state index is 0. The molecule has 0 heterocycles. The van der Waals surface area contributed by atoms with Crippen molar-refractivity contribution in [2.75, 3.05) is 34.0 Å². The first-order valence-electron chi connectivity index (χ1n) is 12.8. The van der Waals surface area contributed by atoms with Crippen molar-refractivity contribution in [1.29, 1.82) is 0 Å². The van der Waals surface area contributed by atoms with Gasteiger partial charge in [0.15, 0.2) is 11.5 Å². The predicted molar refractivity (Wildman–Crippen MR) is 148 cm³/mol. The summed E-state index contributed by atoms with van der Waals surface area (Å²) in [5, 5.41) is 13.4. The number of carbonyl (C=O) groups excluding carboxylic acids is 2. The fraction of sp³-hybridized carbons (Fsp3) is 0.704. The zero-order chi connectivity index (χ0) is 27.3. The number of carbonyl (C=O) groups is 2. The van der Waals surface area contributed by atoms with Gasteiger partial charge in [-0.15, -0.1) is 12.4 Å². The van der Waals surface area contributed by atoms with Gasteiger partial charge in [-0.25, -0.2) is 0 Å². The summed E-state index contributed by atoms with van der Waals surface area (Å²) in [6.45, 7) is 9.03. The maximum absolute atomic E-state index is 12.5. The number of halogens is 1. The lowest BCUT2D eigenvalue weighted by atomic mass is 9.81. The van der Waals surface area contributed by atoms with Gasteiger partial charge in [0.25, 0.3) is 0 Å². The van der Waals surface area contributed by atoms with E-state index in [4.69, 9.17) is 25.7 Å². The summed E-state index contributed by atoms with van der Waals surface area (Å²) in [6.07, 6.45) is 1.51. The lowest BCUT2D eigenvalue weighted by Gasteiger charge is -2.30. The van der Waals surface area contributed by atoms with Crippen molar-refractivity contribution < 1.29 is 28.9 Å². The molecule has 0 unspecified atom stereocenters. The average Bonchev–Trinajstić information content (AvgIpc) is 2.82. The molecule has 2 amide bonds. The van der Waals surface area contributed by atoms with Crippen LogP contribution in [0.25, 0.3) is 0 Å². The van der Waals surface area contributed by atoms with E-state index in [0.29, 0.717) is 37.1 Å². The highest BCUT2D eigenvalue weighted by Gasteiger charge is 2.30. The van der Waals surface area contributed by atoms with Gasteiger partial charge in [-0.3, -0.25) is 9.59 Å². The molecule has 1 rings (SSSR count). The summed E-state index contributed by atoms with van der Waals surface area (Å²) in [5.41, 5.74) is 12.7. The van der Waals surface area contributed by atoms with Crippen LogP contribution >= 0.6 is 12.4 Å². The number of nitrogens with two attached hydrogens (primary N) is 2. The fourth-order valence-electron chi connectivity index (χ4n) is 4.17. The summed E-state index contributed by atoms with van der Waals surface area (Å²) in [4.78, 5) is 23.5. The molecule has 0 saturated carbocycles. The van der Waals surface area contributed by atoms with Gasteiger partial charge >= 0.3 is 0 Å². The van der Waals surface area contributed by atoms with Crippen molar-refractivity contribution >= 4 is 24.2 Å². The molecule has 9 nitrogen and oxygen atoms in total. The fourth-order valence-corrected chi connectivity index (χ4v) is 4.17. The normalized spacial score (nSPS) is 14.4. The van der Waals surface area contributed by atoms with E-state index in [1.807, 2.05) is 32.0 Å². The molecule has 6 N–H and O–H groups in total. The highest BCUT2D eigenvalue weighted by molar-refractivity contribution is 5.85. The van der Waals surface area contributed by atoms with Crippen LogP contribution in [0, 0.1) is 23.7 Å². The zero-order valence-corrected chi connectivity index (χ0v) is 24.0. The van der Waals surface area contributed by atoms with Gasteiger partial charge in [0.1, 0.15) is 0 Å². The number of aliphatic hydroxyl groups excluding tert-OH is 1. The van der Waals surface area contributed by atoms with Gasteiger partial charge in [-0.05, 0) is 54.7 Å². The molecule has 0 aromatic heterocycles. The molecule has 0 saturated heterocycles. The number of hydrogen-bond donors (Lipinski definition) is 4. The van der Waals surface area contributed by atoms with Crippen LogP contribution in [0.15, 0.2) is 18.2 Å². The number of rotatable bonds is 18. The number of aliphatic hydroxyl groups is 1. The SMILES string of the molecule is COCCCOc1cc(C[C@@H](C[C@H](N)[C@@H](O)C[C@H](C(=O)NCC(N)=O)C(C)C)C(C)C)ccc1OC.Cl. The first-order valence-corrected chi connectivity index (χ1v) is 12.8.